The summed E-state index contributed by atoms with van der Waals surface area (Å²) in [7, 11) is 0. The van der Waals surface area contributed by atoms with Crippen molar-refractivity contribution in [3.05, 3.63) is 22.2 Å². The monoisotopic (exact) mass is 408 g/mol. The van der Waals surface area contributed by atoms with Crippen LogP contribution in [0.3, 0.4) is 0 Å². The highest BCUT2D eigenvalue weighted by atomic mass is 79.9. The number of benzene rings is 1. The summed E-state index contributed by atoms with van der Waals surface area (Å²) in [6.45, 7) is 9.08. The summed E-state index contributed by atoms with van der Waals surface area (Å²) < 4.78 is 12.0. The van der Waals surface area contributed by atoms with Gasteiger partial charge in [0.1, 0.15) is 0 Å². The van der Waals surface area contributed by atoms with E-state index in [0.29, 0.717) is 31.3 Å². The maximum absolute atomic E-state index is 12.2. The van der Waals surface area contributed by atoms with E-state index in [0.717, 1.165) is 10.0 Å². The number of nitrogens with two attached hydrogens (primary N) is 1. The van der Waals surface area contributed by atoms with Crippen LogP contribution in [-0.2, 0) is 11.2 Å². The topological polar surface area (TPSA) is 73.6 Å². The van der Waals surface area contributed by atoms with E-state index in [1.54, 1.807) is 0 Å². The molecule has 0 fully saturated rings. The summed E-state index contributed by atoms with van der Waals surface area (Å²) >= 11 is 3.49. The van der Waals surface area contributed by atoms with Crippen molar-refractivity contribution in [1.29, 1.82) is 0 Å². The summed E-state index contributed by atoms with van der Waals surface area (Å²) in [6, 6.07) is 3.68. The van der Waals surface area contributed by atoms with Crippen molar-refractivity contribution in [2.24, 2.45) is 5.73 Å². The van der Waals surface area contributed by atoms with Crippen LogP contribution in [0.1, 0.15) is 33.3 Å². The molecule has 0 aliphatic rings. The molecule has 23 heavy (non-hydrogen) atoms. The minimum atomic E-state index is -0.419. The molecule has 0 radical (unpaired) electrons. The Hall–Kier alpha value is -0.980. The number of carbonyl (C=O) groups excluding carboxylic acids is 1. The van der Waals surface area contributed by atoms with Gasteiger partial charge in [-0.25, -0.2) is 0 Å². The minimum Gasteiger partial charge on any atom is -0.490 e. The second-order valence-electron chi connectivity index (χ2n) is 5.57. The van der Waals surface area contributed by atoms with Crippen LogP contribution >= 0.6 is 28.3 Å². The zero-order valence-electron chi connectivity index (χ0n) is 14.1. The fourth-order valence-electron chi connectivity index (χ4n) is 1.89. The lowest BCUT2D eigenvalue weighted by Crippen LogP contribution is -2.49. The lowest BCUT2D eigenvalue weighted by atomic mass is 10.0. The quantitative estimate of drug-likeness (QED) is 0.692. The van der Waals surface area contributed by atoms with Crippen LogP contribution in [-0.4, -0.2) is 31.2 Å². The third-order valence-electron chi connectivity index (χ3n) is 3.05. The van der Waals surface area contributed by atoms with Crippen LogP contribution in [0.2, 0.25) is 0 Å². The number of amides is 1. The Morgan fingerprint density at radius 1 is 1.22 bits per heavy atom. The summed E-state index contributed by atoms with van der Waals surface area (Å²) in [6.07, 6.45) is 0.247. The molecule has 0 saturated carbocycles. The van der Waals surface area contributed by atoms with Gasteiger partial charge in [0.05, 0.1) is 19.6 Å². The molecule has 0 bridgehead atoms. The Kier molecular flexibility index (Phi) is 9.58. The lowest BCUT2D eigenvalue weighted by Gasteiger charge is -2.24. The molecule has 3 N–H and O–H groups in total. The van der Waals surface area contributed by atoms with E-state index < -0.39 is 5.54 Å². The first-order valence-electron chi connectivity index (χ1n) is 7.42. The molecule has 1 aromatic carbocycles. The van der Waals surface area contributed by atoms with E-state index in [9.17, 15) is 4.79 Å². The highest BCUT2D eigenvalue weighted by Crippen LogP contribution is 2.34. The van der Waals surface area contributed by atoms with Crippen molar-refractivity contribution in [3.8, 4) is 11.5 Å². The predicted octanol–water partition coefficient (Wildman–Crippen LogP) is 3.06. The molecule has 0 aromatic heterocycles. The maximum Gasteiger partial charge on any atom is 0.224 e. The van der Waals surface area contributed by atoms with Gasteiger partial charge in [0.15, 0.2) is 11.5 Å². The van der Waals surface area contributed by atoms with E-state index >= 15 is 0 Å². The van der Waals surface area contributed by atoms with E-state index in [-0.39, 0.29) is 24.7 Å². The van der Waals surface area contributed by atoms with Gasteiger partial charge in [0.2, 0.25) is 5.91 Å². The van der Waals surface area contributed by atoms with Crippen LogP contribution in [0.4, 0.5) is 0 Å². The number of carbonyl (C=O) groups is 1. The molecule has 132 valence electrons. The second kappa shape index (κ2) is 10.0. The van der Waals surface area contributed by atoms with Crippen LogP contribution in [0, 0.1) is 0 Å². The molecule has 7 heteroatoms. The van der Waals surface area contributed by atoms with E-state index in [2.05, 4.69) is 21.2 Å². The first-order valence-corrected chi connectivity index (χ1v) is 8.21. The summed E-state index contributed by atoms with van der Waals surface area (Å²) in [5.41, 5.74) is 6.06. The Morgan fingerprint density at radius 3 is 2.22 bits per heavy atom. The molecule has 0 saturated heterocycles. The number of nitrogens with one attached hydrogen (secondary N) is 1. The van der Waals surface area contributed by atoms with Crippen LogP contribution in [0.5, 0.6) is 11.5 Å². The smallest absolute Gasteiger partial charge is 0.224 e. The van der Waals surface area contributed by atoms with Gasteiger partial charge < -0.3 is 20.5 Å². The van der Waals surface area contributed by atoms with Gasteiger partial charge in [-0.05, 0) is 45.4 Å². The Bertz CT molecular complexity index is 524. The van der Waals surface area contributed by atoms with Crippen molar-refractivity contribution in [1.82, 2.24) is 5.32 Å². The van der Waals surface area contributed by atoms with Crippen molar-refractivity contribution in [2.75, 3.05) is 19.8 Å². The molecule has 0 aliphatic carbocycles. The molecular weight excluding hydrogens is 384 g/mol. The maximum atomic E-state index is 12.2. The van der Waals surface area contributed by atoms with Crippen LogP contribution in [0.15, 0.2) is 16.6 Å². The summed E-state index contributed by atoms with van der Waals surface area (Å²) in [5.74, 6) is 1.24. The second-order valence-corrected chi connectivity index (χ2v) is 6.42. The largest absolute Gasteiger partial charge is 0.490 e. The molecule has 0 atom stereocenters. The molecule has 0 spiro atoms. The lowest BCUT2D eigenvalue weighted by molar-refractivity contribution is -0.121. The van der Waals surface area contributed by atoms with Crippen molar-refractivity contribution in [3.63, 3.8) is 0 Å². The Balaban J connectivity index is 0.00000484. The molecule has 5 nitrogen and oxygen atoms in total. The van der Waals surface area contributed by atoms with Crippen LogP contribution < -0.4 is 20.5 Å². The highest BCUT2D eigenvalue weighted by Gasteiger charge is 2.20. The van der Waals surface area contributed by atoms with Crippen molar-refractivity contribution in [2.45, 2.75) is 39.7 Å². The molecule has 1 rings (SSSR count). The molecule has 0 heterocycles. The third-order valence-corrected chi connectivity index (χ3v) is 3.79. The summed E-state index contributed by atoms with van der Waals surface area (Å²) in [4.78, 5) is 12.2. The normalized spacial score (nSPS) is 10.7. The van der Waals surface area contributed by atoms with Gasteiger partial charge in [-0.15, -0.1) is 12.4 Å². The Labute approximate surface area is 152 Å². The van der Waals surface area contributed by atoms with Crippen LogP contribution in [0.25, 0.3) is 0 Å². The first kappa shape index (κ1) is 22.0. The molecule has 0 unspecified atom stereocenters. The van der Waals surface area contributed by atoms with E-state index in [1.807, 2.05) is 39.8 Å². The van der Waals surface area contributed by atoms with Gasteiger partial charge in [0, 0.05) is 16.6 Å². The van der Waals surface area contributed by atoms with Gasteiger partial charge in [0.25, 0.3) is 0 Å². The van der Waals surface area contributed by atoms with Gasteiger partial charge in [-0.1, -0.05) is 15.9 Å². The summed E-state index contributed by atoms with van der Waals surface area (Å²) in [5, 5.41) is 2.92. The van der Waals surface area contributed by atoms with Gasteiger partial charge in [-0.3, -0.25) is 4.79 Å². The van der Waals surface area contributed by atoms with Gasteiger partial charge >= 0.3 is 0 Å². The molecular formula is C16H26BrClN2O3. The predicted molar refractivity (Wildman–Crippen MR) is 98.7 cm³/mol. The van der Waals surface area contributed by atoms with Gasteiger partial charge in [-0.2, -0.15) is 0 Å². The average Bonchev–Trinajstić information content (AvgIpc) is 2.43. The third kappa shape index (κ3) is 6.97. The highest BCUT2D eigenvalue weighted by molar-refractivity contribution is 9.10. The standard InChI is InChI=1S/C16H25BrN2O3.ClH/c1-5-21-13-7-11(12(17)9-14(13)22-6-2)8-15(20)19-16(3,4)10-18;/h7,9H,5-6,8,10,18H2,1-4H3,(H,19,20);1H. The Morgan fingerprint density at radius 2 is 1.74 bits per heavy atom. The van der Waals surface area contributed by atoms with E-state index in [4.69, 9.17) is 15.2 Å². The molecule has 1 amide bonds. The van der Waals surface area contributed by atoms with Crippen molar-refractivity contribution >= 4 is 34.2 Å². The average molecular weight is 410 g/mol. The fraction of sp³-hybridized carbons (Fsp3) is 0.562. The number of hydrogen-bond donors (Lipinski definition) is 2. The SMILES string of the molecule is CCOc1cc(Br)c(CC(=O)NC(C)(C)CN)cc1OCC.Cl. The molecule has 0 aliphatic heterocycles. The number of rotatable bonds is 8. The minimum absolute atomic E-state index is 0. The number of ether oxygens (including phenoxy) is 2. The zero-order valence-corrected chi connectivity index (χ0v) is 16.5. The fourth-order valence-corrected chi connectivity index (χ4v) is 2.36. The van der Waals surface area contributed by atoms with Crippen molar-refractivity contribution < 1.29 is 14.3 Å². The molecule has 1 aromatic rings. The number of halogens is 2. The first-order chi connectivity index (χ1) is 10.3. The van der Waals surface area contributed by atoms with E-state index in [1.165, 1.54) is 0 Å². The number of hydrogen-bond acceptors (Lipinski definition) is 4. The zero-order chi connectivity index (χ0) is 16.8.